The summed E-state index contributed by atoms with van der Waals surface area (Å²) in [4.78, 5) is 0.197. The van der Waals surface area contributed by atoms with Crippen LogP contribution in [-0.4, -0.2) is 21.0 Å². The van der Waals surface area contributed by atoms with Crippen LogP contribution < -0.4 is 10.5 Å². The molecule has 0 aliphatic carbocycles. The quantitative estimate of drug-likeness (QED) is 0.841. The average molecular weight is 291 g/mol. The van der Waals surface area contributed by atoms with E-state index in [1.54, 1.807) is 12.1 Å². The van der Waals surface area contributed by atoms with E-state index in [0.29, 0.717) is 5.02 Å². The summed E-state index contributed by atoms with van der Waals surface area (Å²) >= 11 is 5.71. The number of hydrogen-bond donors (Lipinski definition) is 2. The van der Waals surface area contributed by atoms with Crippen LogP contribution in [-0.2, 0) is 10.0 Å². The minimum Gasteiger partial charge on any atom is -0.326 e. The van der Waals surface area contributed by atoms with Crippen LogP contribution in [0.3, 0.4) is 0 Å². The Hall–Kier alpha value is -0.620. The molecule has 0 aliphatic heterocycles. The Morgan fingerprint density at radius 3 is 2.39 bits per heavy atom. The number of nitrogens with two attached hydrogens (primary N) is 1. The van der Waals surface area contributed by atoms with Gasteiger partial charge in [-0.05, 0) is 30.2 Å². The van der Waals surface area contributed by atoms with Crippen molar-refractivity contribution in [1.29, 1.82) is 0 Å². The second kappa shape index (κ2) is 6.52. The molecule has 3 N–H and O–H groups in total. The zero-order valence-electron chi connectivity index (χ0n) is 10.6. The molecule has 0 heterocycles. The molecule has 1 aromatic rings. The van der Waals surface area contributed by atoms with E-state index < -0.39 is 10.0 Å². The van der Waals surface area contributed by atoms with Crippen LogP contribution in [0.4, 0.5) is 0 Å². The Balaban J connectivity index is 2.68. The Kier molecular flexibility index (Phi) is 5.59. The topological polar surface area (TPSA) is 72.2 Å². The molecule has 0 fully saturated rings. The molecule has 102 valence electrons. The zero-order valence-corrected chi connectivity index (χ0v) is 12.1. The molecule has 0 bridgehead atoms. The number of hydrogen-bond acceptors (Lipinski definition) is 3. The molecule has 6 heteroatoms. The fraction of sp³-hybridized carbons (Fsp3) is 0.500. The molecule has 1 aromatic carbocycles. The smallest absolute Gasteiger partial charge is 0.240 e. The average Bonchev–Trinajstić information content (AvgIpc) is 2.35. The molecule has 0 saturated carbocycles. The van der Waals surface area contributed by atoms with Gasteiger partial charge in [-0.3, -0.25) is 0 Å². The van der Waals surface area contributed by atoms with Gasteiger partial charge in [0.2, 0.25) is 10.0 Å². The highest BCUT2D eigenvalue weighted by molar-refractivity contribution is 7.89. The number of sulfonamides is 1. The molecule has 4 nitrogen and oxygen atoms in total. The van der Waals surface area contributed by atoms with Crippen LogP contribution in [0.1, 0.15) is 20.3 Å². The van der Waals surface area contributed by atoms with Crippen molar-refractivity contribution in [2.75, 3.05) is 6.54 Å². The van der Waals surface area contributed by atoms with Gasteiger partial charge in [0.25, 0.3) is 0 Å². The summed E-state index contributed by atoms with van der Waals surface area (Å²) in [6.07, 6.45) is 0.920. The molecule has 1 rings (SSSR count). The maximum absolute atomic E-state index is 11.9. The van der Waals surface area contributed by atoms with Crippen molar-refractivity contribution in [1.82, 2.24) is 4.72 Å². The molecular formula is C12H19ClN2O2S. The summed E-state index contributed by atoms with van der Waals surface area (Å²) in [5, 5.41) is 0.505. The molecule has 0 unspecified atom stereocenters. The van der Waals surface area contributed by atoms with Crippen molar-refractivity contribution >= 4 is 21.6 Å². The third kappa shape index (κ3) is 4.24. The van der Waals surface area contributed by atoms with E-state index in [2.05, 4.69) is 4.72 Å². The molecule has 0 radical (unpaired) electrons. The monoisotopic (exact) mass is 290 g/mol. The van der Waals surface area contributed by atoms with Gasteiger partial charge in [-0.25, -0.2) is 13.1 Å². The van der Waals surface area contributed by atoms with Crippen molar-refractivity contribution < 1.29 is 8.42 Å². The van der Waals surface area contributed by atoms with Crippen LogP contribution in [0.15, 0.2) is 29.2 Å². The minimum absolute atomic E-state index is 0.183. The van der Waals surface area contributed by atoms with Crippen LogP contribution in [0.5, 0.6) is 0 Å². The number of rotatable bonds is 6. The lowest BCUT2D eigenvalue weighted by Gasteiger charge is -2.18. The lowest BCUT2D eigenvalue weighted by molar-refractivity contribution is 0.437. The third-order valence-corrected chi connectivity index (χ3v) is 4.70. The summed E-state index contributed by atoms with van der Waals surface area (Å²) in [6, 6.07) is 5.85. The molecule has 0 aromatic heterocycles. The lowest BCUT2D eigenvalue weighted by atomic mass is 10.0. The van der Waals surface area contributed by atoms with E-state index in [9.17, 15) is 8.42 Å². The van der Waals surface area contributed by atoms with Crippen LogP contribution >= 0.6 is 11.6 Å². The molecular weight excluding hydrogens is 272 g/mol. The normalized spacial score (nSPS) is 15.3. The van der Waals surface area contributed by atoms with Gasteiger partial charge < -0.3 is 5.73 Å². The summed E-state index contributed by atoms with van der Waals surface area (Å²) in [5.74, 6) is 0.276. The Morgan fingerprint density at radius 2 is 1.89 bits per heavy atom. The first-order chi connectivity index (χ1) is 8.36. The molecule has 2 atom stereocenters. The first-order valence-corrected chi connectivity index (χ1v) is 7.73. The predicted molar refractivity (Wildman–Crippen MR) is 74.1 cm³/mol. The predicted octanol–water partition coefficient (Wildman–Crippen LogP) is 1.99. The van der Waals surface area contributed by atoms with E-state index in [4.69, 9.17) is 17.3 Å². The molecule has 0 spiro atoms. The minimum atomic E-state index is -3.50. The first kappa shape index (κ1) is 15.4. The Morgan fingerprint density at radius 1 is 1.33 bits per heavy atom. The highest BCUT2D eigenvalue weighted by Crippen LogP contribution is 2.14. The second-order valence-corrected chi connectivity index (χ2v) is 6.56. The van der Waals surface area contributed by atoms with Crippen LogP contribution in [0, 0.1) is 5.92 Å². The van der Waals surface area contributed by atoms with Crippen LogP contribution in [0.25, 0.3) is 0 Å². The summed E-state index contributed by atoms with van der Waals surface area (Å²) < 4.78 is 26.4. The van der Waals surface area contributed by atoms with Crippen molar-refractivity contribution in [3.63, 3.8) is 0 Å². The number of benzene rings is 1. The highest BCUT2D eigenvalue weighted by Gasteiger charge is 2.17. The van der Waals surface area contributed by atoms with E-state index >= 15 is 0 Å². The zero-order chi connectivity index (χ0) is 13.8. The van der Waals surface area contributed by atoms with Gasteiger partial charge in [0, 0.05) is 17.6 Å². The van der Waals surface area contributed by atoms with Gasteiger partial charge >= 0.3 is 0 Å². The summed E-state index contributed by atoms with van der Waals surface area (Å²) in [6.45, 7) is 4.26. The van der Waals surface area contributed by atoms with Gasteiger partial charge in [-0.1, -0.05) is 31.9 Å². The first-order valence-electron chi connectivity index (χ1n) is 5.87. The SMILES string of the molecule is CC[C@H](C)[C@H](N)CNS(=O)(=O)c1ccc(Cl)cc1. The van der Waals surface area contributed by atoms with E-state index in [1.807, 2.05) is 13.8 Å². The summed E-state index contributed by atoms with van der Waals surface area (Å²) in [7, 11) is -3.50. The third-order valence-electron chi connectivity index (χ3n) is 3.01. The fourth-order valence-corrected chi connectivity index (χ4v) is 2.61. The highest BCUT2D eigenvalue weighted by atomic mass is 35.5. The molecule has 0 saturated heterocycles. The van der Waals surface area contributed by atoms with Crippen LogP contribution in [0.2, 0.25) is 5.02 Å². The van der Waals surface area contributed by atoms with E-state index in [1.165, 1.54) is 12.1 Å². The lowest BCUT2D eigenvalue weighted by Crippen LogP contribution is -2.41. The number of halogens is 1. The largest absolute Gasteiger partial charge is 0.326 e. The number of nitrogens with one attached hydrogen (secondary N) is 1. The van der Waals surface area contributed by atoms with E-state index in [-0.39, 0.29) is 23.4 Å². The molecule has 18 heavy (non-hydrogen) atoms. The van der Waals surface area contributed by atoms with Crippen molar-refractivity contribution in [3.8, 4) is 0 Å². The molecule has 0 amide bonds. The summed E-state index contributed by atoms with van der Waals surface area (Å²) in [5.41, 5.74) is 5.89. The van der Waals surface area contributed by atoms with Crippen molar-refractivity contribution in [3.05, 3.63) is 29.3 Å². The maximum Gasteiger partial charge on any atom is 0.240 e. The van der Waals surface area contributed by atoms with Gasteiger partial charge in [-0.2, -0.15) is 0 Å². The fourth-order valence-electron chi connectivity index (χ4n) is 1.41. The molecule has 0 aliphatic rings. The Bertz CT molecular complexity index is 473. The maximum atomic E-state index is 11.9. The van der Waals surface area contributed by atoms with Gasteiger partial charge in [-0.15, -0.1) is 0 Å². The van der Waals surface area contributed by atoms with E-state index in [0.717, 1.165) is 6.42 Å². The van der Waals surface area contributed by atoms with Gasteiger partial charge in [0.05, 0.1) is 4.90 Å². The Labute approximate surface area is 114 Å². The van der Waals surface area contributed by atoms with Gasteiger partial charge in [0.1, 0.15) is 0 Å². The van der Waals surface area contributed by atoms with Gasteiger partial charge in [0.15, 0.2) is 0 Å². The van der Waals surface area contributed by atoms with Crippen molar-refractivity contribution in [2.45, 2.75) is 31.2 Å². The van der Waals surface area contributed by atoms with Crippen molar-refractivity contribution in [2.24, 2.45) is 11.7 Å². The standard InChI is InChI=1S/C12H19ClN2O2S/c1-3-9(2)12(14)8-15-18(16,17)11-6-4-10(13)5-7-11/h4-7,9,12,15H,3,8,14H2,1-2H3/t9-,12+/m0/s1. The second-order valence-electron chi connectivity index (χ2n) is 4.36.